The van der Waals surface area contributed by atoms with Gasteiger partial charge in [0.2, 0.25) is 11.8 Å². The first-order valence-corrected chi connectivity index (χ1v) is 9.21. The zero-order valence-corrected chi connectivity index (χ0v) is 15.7. The topological polar surface area (TPSA) is 72.2 Å². The second-order valence-corrected chi connectivity index (χ2v) is 8.71. The van der Waals surface area contributed by atoms with Crippen LogP contribution in [0.1, 0.15) is 79.6 Å². The van der Waals surface area contributed by atoms with Crippen LogP contribution in [0, 0.1) is 23.7 Å². The van der Waals surface area contributed by atoms with Crippen LogP contribution in [0.25, 0.3) is 0 Å². The molecule has 0 aromatic rings. The van der Waals surface area contributed by atoms with E-state index in [2.05, 4.69) is 19.2 Å². The van der Waals surface area contributed by atoms with Gasteiger partial charge in [-0.25, -0.2) is 0 Å². The summed E-state index contributed by atoms with van der Waals surface area (Å²) >= 11 is 0. The molecule has 0 spiro atoms. The van der Waals surface area contributed by atoms with Gasteiger partial charge in [-0.05, 0) is 51.9 Å². The van der Waals surface area contributed by atoms with E-state index in [1.54, 1.807) is 0 Å². The molecule has 23 heavy (non-hydrogen) atoms. The minimum Gasteiger partial charge on any atom is -0.369 e. The summed E-state index contributed by atoms with van der Waals surface area (Å²) in [4.78, 5) is 24.8. The van der Waals surface area contributed by atoms with Crippen molar-refractivity contribution in [1.29, 1.82) is 0 Å². The smallest absolute Gasteiger partial charge is 0.224 e. The third kappa shape index (κ3) is 7.36. The molecule has 1 aliphatic rings. The molecule has 0 heterocycles. The standard InChI is InChI=1S/C19H36N2O2/c1-13(2)12-16(18(23)21-19(3,4)5)15(17(20)22)11-10-14-8-6-7-9-14/h13-16H,6-12H2,1-5H3,(H2,20,22)(H,21,23)/t15-,16+/m0/s1. The molecule has 0 saturated heterocycles. The summed E-state index contributed by atoms with van der Waals surface area (Å²) < 4.78 is 0. The van der Waals surface area contributed by atoms with E-state index in [0.717, 1.165) is 12.8 Å². The molecule has 2 atom stereocenters. The molecule has 0 aromatic heterocycles. The third-order valence-corrected chi connectivity index (χ3v) is 4.77. The molecule has 0 aliphatic heterocycles. The molecule has 1 aliphatic carbocycles. The second kappa shape index (κ2) is 8.70. The maximum absolute atomic E-state index is 12.7. The summed E-state index contributed by atoms with van der Waals surface area (Å²) in [6, 6.07) is 0. The van der Waals surface area contributed by atoms with E-state index >= 15 is 0 Å². The number of hydrogen-bond donors (Lipinski definition) is 2. The fourth-order valence-electron chi connectivity index (χ4n) is 3.68. The van der Waals surface area contributed by atoms with Crippen molar-refractivity contribution in [2.45, 2.75) is 85.1 Å². The number of rotatable bonds is 8. The summed E-state index contributed by atoms with van der Waals surface area (Å²) in [7, 11) is 0. The molecule has 134 valence electrons. The van der Waals surface area contributed by atoms with Gasteiger partial charge in [-0.2, -0.15) is 0 Å². The minimum atomic E-state index is -0.347. The van der Waals surface area contributed by atoms with Gasteiger partial charge in [-0.15, -0.1) is 0 Å². The monoisotopic (exact) mass is 324 g/mol. The van der Waals surface area contributed by atoms with Gasteiger partial charge in [0.1, 0.15) is 0 Å². The highest BCUT2D eigenvalue weighted by atomic mass is 16.2. The van der Waals surface area contributed by atoms with Crippen LogP contribution in [0.4, 0.5) is 0 Å². The molecule has 1 saturated carbocycles. The number of primary amides is 1. The van der Waals surface area contributed by atoms with E-state index in [-0.39, 0.29) is 29.2 Å². The van der Waals surface area contributed by atoms with Crippen LogP contribution in [0.5, 0.6) is 0 Å². The fraction of sp³-hybridized carbons (Fsp3) is 0.895. The Hall–Kier alpha value is -1.06. The zero-order valence-electron chi connectivity index (χ0n) is 15.7. The van der Waals surface area contributed by atoms with E-state index in [9.17, 15) is 9.59 Å². The molecule has 0 unspecified atom stereocenters. The number of nitrogens with two attached hydrogens (primary N) is 1. The van der Waals surface area contributed by atoms with Gasteiger partial charge in [0.15, 0.2) is 0 Å². The van der Waals surface area contributed by atoms with E-state index in [1.165, 1.54) is 25.7 Å². The Morgan fingerprint density at radius 2 is 1.70 bits per heavy atom. The lowest BCUT2D eigenvalue weighted by Gasteiger charge is -2.30. The summed E-state index contributed by atoms with van der Waals surface area (Å²) in [6.07, 6.45) is 7.58. The SMILES string of the molecule is CC(C)C[C@@H](C(=O)NC(C)(C)C)[C@H](CCC1CCCC1)C(N)=O. The Labute approximate surface area is 142 Å². The number of carbonyl (C=O) groups excluding carboxylic acids is 2. The van der Waals surface area contributed by atoms with E-state index in [1.807, 2.05) is 20.8 Å². The van der Waals surface area contributed by atoms with Crippen molar-refractivity contribution in [2.24, 2.45) is 29.4 Å². The molecule has 4 nitrogen and oxygen atoms in total. The van der Waals surface area contributed by atoms with Crippen LogP contribution < -0.4 is 11.1 Å². The lowest BCUT2D eigenvalue weighted by Crippen LogP contribution is -2.48. The van der Waals surface area contributed by atoms with Gasteiger partial charge in [0.25, 0.3) is 0 Å². The van der Waals surface area contributed by atoms with Crippen molar-refractivity contribution in [3.05, 3.63) is 0 Å². The highest BCUT2D eigenvalue weighted by Crippen LogP contribution is 2.33. The van der Waals surface area contributed by atoms with Gasteiger partial charge in [0.05, 0.1) is 0 Å². The van der Waals surface area contributed by atoms with Crippen molar-refractivity contribution < 1.29 is 9.59 Å². The fourth-order valence-corrected chi connectivity index (χ4v) is 3.68. The lowest BCUT2D eigenvalue weighted by atomic mass is 9.79. The summed E-state index contributed by atoms with van der Waals surface area (Å²) in [5.74, 6) is 0.0638. The number of amides is 2. The van der Waals surface area contributed by atoms with Crippen molar-refractivity contribution >= 4 is 11.8 Å². The van der Waals surface area contributed by atoms with Gasteiger partial charge in [-0.1, -0.05) is 39.5 Å². The van der Waals surface area contributed by atoms with Crippen molar-refractivity contribution in [1.82, 2.24) is 5.32 Å². The molecule has 1 fully saturated rings. The lowest BCUT2D eigenvalue weighted by molar-refractivity contribution is -0.135. The predicted molar refractivity (Wildman–Crippen MR) is 94.7 cm³/mol. The molecule has 0 aromatic carbocycles. The Bertz CT molecular complexity index is 393. The number of carbonyl (C=O) groups is 2. The Kier molecular flexibility index (Phi) is 7.56. The molecule has 3 N–H and O–H groups in total. The average molecular weight is 325 g/mol. The van der Waals surface area contributed by atoms with Crippen molar-refractivity contribution in [2.75, 3.05) is 0 Å². The average Bonchev–Trinajstić information content (AvgIpc) is 2.87. The molecular formula is C19H36N2O2. The van der Waals surface area contributed by atoms with Gasteiger partial charge < -0.3 is 11.1 Å². The van der Waals surface area contributed by atoms with Crippen LogP contribution in [-0.2, 0) is 9.59 Å². The maximum atomic E-state index is 12.7. The summed E-state index contributed by atoms with van der Waals surface area (Å²) in [6.45, 7) is 10.1. The molecule has 0 bridgehead atoms. The molecule has 0 radical (unpaired) electrons. The highest BCUT2D eigenvalue weighted by Gasteiger charge is 2.34. The second-order valence-electron chi connectivity index (χ2n) is 8.71. The first-order valence-electron chi connectivity index (χ1n) is 9.21. The first-order chi connectivity index (χ1) is 10.6. The van der Waals surface area contributed by atoms with Gasteiger partial charge in [-0.3, -0.25) is 9.59 Å². The first kappa shape index (κ1) is 20.0. The Morgan fingerprint density at radius 3 is 2.13 bits per heavy atom. The highest BCUT2D eigenvalue weighted by molar-refractivity contribution is 5.87. The van der Waals surface area contributed by atoms with Crippen molar-refractivity contribution in [3.63, 3.8) is 0 Å². The van der Waals surface area contributed by atoms with E-state index in [0.29, 0.717) is 18.3 Å². The van der Waals surface area contributed by atoms with E-state index < -0.39 is 0 Å². The van der Waals surface area contributed by atoms with Crippen LogP contribution in [0.15, 0.2) is 0 Å². The largest absolute Gasteiger partial charge is 0.369 e. The minimum absolute atomic E-state index is 0.0265. The molecule has 4 heteroatoms. The number of nitrogens with one attached hydrogen (secondary N) is 1. The van der Waals surface area contributed by atoms with E-state index in [4.69, 9.17) is 5.73 Å². The predicted octanol–water partition coefficient (Wildman–Crippen LogP) is 3.64. The van der Waals surface area contributed by atoms with Crippen LogP contribution in [0.2, 0.25) is 0 Å². The molecular weight excluding hydrogens is 288 g/mol. The summed E-state index contributed by atoms with van der Waals surface area (Å²) in [5, 5.41) is 3.04. The maximum Gasteiger partial charge on any atom is 0.224 e. The van der Waals surface area contributed by atoms with Crippen LogP contribution in [-0.4, -0.2) is 17.4 Å². The van der Waals surface area contributed by atoms with Gasteiger partial charge in [0, 0.05) is 17.4 Å². The third-order valence-electron chi connectivity index (χ3n) is 4.77. The number of hydrogen-bond acceptors (Lipinski definition) is 2. The Balaban J connectivity index is 2.79. The Morgan fingerprint density at radius 1 is 1.13 bits per heavy atom. The normalized spacial score (nSPS) is 18.9. The van der Waals surface area contributed by atoms with Gasteiger partial charge >= 0.3 is 0 Å². The van der Waals surface area contributed by atoms with Crippen LogP contribution >= 0.6 is 0 Å². The van der Waals surface area contributed by atoms with Crippen molar-refractivity contribution in [3.8, 4) is 0 Å². The summed E-state index contributed by atoms with van der Waals surface area (Å²) in [5.41, 5.74) is 5.39. The quantitative estimate of drug-likeness (QED) is 0.715. The van der Waals surface area contributed by atoms with Crippen LogP contribution in [0.3, 0.4) is 0 Å². The molecule has 2 amide bonds. The molecule has 1 rings (SSSR count). The zero-order chi connectivity index (χ0) is 17.6.